The number of ether oxygens (including phenoxy) is 1. The van der Waals surface area contributed by atoms with Gasteiger partial charge in [0.25, 0.3) is 0 Å². The fraction of sp³-hybridized carbons (Fsp3) is 0.929. The molecule has 19 heavy (non-hydrogen) atoms. The molecule has 1 aliphatic heterocycles. The number of hydrogen-bond acceptors (Lipinski definition) is 3. The summed E-state index contributed by atoms with van der Waals surface area (Å²) in [6.45, 7) is 11.4. The summed E-state index contributed by atoms with van der Waals surface area (Å²) < 4.78 is 5.72. The van der Waals surface area contributed by atoms with Crippen LogP contribution in [0.4, 0.5) is 0 Å². The topological polar surface area (TPSA) is 48.9 Å². The average molecular weight is 268 g/mol. The van der Waals surface area contributed by atoms with E-state index in [1.807, 2.05) is 7.05 Å². The summed E-state index contributed by atoms with van der Waals surface area (Å²) in [5.74, 6) is 1.72. The molecular weight excluding hydrogens is 240 g/mol. The quantitative estimate of drug-likeness (QED) is 0.581. The van der Waals surface area contributed by atoms with Crippen LogP contribution >= 0.6 is 0 Å². The molecule has 0 radical (unpaired) electrons. The predicted molar refractivity (Wildman–Crippen MR) is 78.5 cm³/mol. The van der Waals surface area contributed by atoms with Crippen molar-refractivity contribution in [3.63, 3.8) is 0 Å². The van der Waals surface area contributed by atoms with Gasteiger partial charge < -0.3 is 15.4 Å². The highest BCUT2D eigenvalue weighted by Gasteiger charge is 2.33. The molecule has 2 aliphatic rings. The summed E-state index contributed by atoms with van der Waals surface area (Å²) in [5.41, 5.74) is -0.0123. The maximum absolute atomic E-state index is 5.72. The zero-order valence-corrected chi connectivity index (χ0v) is 12.7. The normalized spacial score (nSPS) is 31.1. The molecule has 5 nitrogen and oxygen atoms in total. The van der Waals surface area contributed by atoms with Crippen molar-refractivity contribution >= 4 is 5.96 Å². The molecule has 2 rings (SSSR count). The van der Waals surface area contributed by atoms with Gasteiger partial charge in [0.1, 0.15) is 0 Å². The van der Waals surface area contributed by atoms with E-state index in [0.29, 0.717) is 6.04 Å². The molecule has 1 heterocycles. The van der Waals surface area contributed by atoms with Crippen LogP contribution in [0, 0.1) is 5.92 Å². The lowest BCUT2D eigenvalue weighted by Gasteiger charge is -2.38. The van der Waals surface area contributed by atoms with Crippen molar-refractivity contribution in [2.45, 2.75) is 38.8 Å². The van der Waals surface area contributed by atoms with Crippen LogP contribution in [-0.2, 0) is 4.74 Å². The van der Waals surface area contributed by atoms with Crippen LogP contribution in [-0.4, -0.2) is 62.3 Å². The van der Waals surface area contributed by atoms with E-state index in [2.05, 4.69) is 41.3 Å². The highest BCUT2D eigenvalue weighted by molar-refractivity contribution is 5.80. The first-order chi connectivity index (χ1) is 9.00. The molecule has 1 saturated heterocycles. The van der Waals surface area contributed by atoms with Gasteiger partial charge in [-0.2, -0.15) is 0 Å². The maximum atomic E-state index is 5.72. The highest BCUT2D eigenvalue weighted by Crippen LogP contribution is 2.28. The van der Waals surface area contributed by atoms with E-state index in [0.717, 1.165) is 44.7 Å². The predicted octanol–water partition coefficient (Wildman–Crippen LogP) is 0.671. The van der Waals surface area contributed by atoms with Gasteiger partial charge in [0.2, 0.25) is 0 Å². The van der Waals surface area contributed by atoms with Crippen molar-refractivity contribution in [3.8, 4) is 0 Å². The van der Waals surface area contributed by atoms with Crippen LogP contribution in [0.3, 0.4) is 0 Å². The molecule has 110 valence electrons. The van der Waals surface area contributed by atoms with Gasteiger partial charge in [-0.25, -0.2) is 0 Å². The molecule has 1 aliphatic carbocycles. The fourth-order valence-corrected chi connectivity index (χ4v) is 2.53. The van der Waals surface area contributed by atoms with Crippen molar-refractivity contribution in [2.24, 2.45) is 10.9 Å². The lowest BCUT2D eigenvalue weighted by Crippen LogP contribution is -2.51. The lowest BCUT2D eigenvalue weighted by atomic mass is 10.1. The molecular formula is C14H28N4O. The maximum Gasteiger partial charge on any atom is 0.191 e. The Labute approximate surface area is 116 Å². The van der Waals surface area contributed by atoms with Gasteiger partial charge in [0, 0.05) is 39.3 Å². The molecule has 5 heteroatoms. The Morgan fingerprint density at radius 1 is 1.47 bits per heavy atom. The Kier molecular flexibility index (Phi) is 4.68. The number of hydrogen-bond donors (Lipinski definition) is 2. The Bertz CT molecular complexity index is 329. The monoisotopic (exact) mass is 268 g/mol. The zero-order valence-electron chi connectivity index (χ0n) is 12.7. The third-order valence-electron chi connectivity index (χ3n) is 3.88. The summed E-state index contributed by atoms with van der Waals surface area (Å²) in [6, 6.07) is 0.619. The second-order valence-electron chi connectivity index (χ2n) is 6.35. The minimum absolute atomic E-state index is 0.0123. The number of aliphatic imine (C=N–C) groups is 1. The van der Waals surface area contributed by atoms with E-state index < -0.39 is 0 Å². The van der Waals surface area contributed by atoms with Crippen LogP contribution in [0.15, 0.2) is 4.99 Å². The van der Waals surface area contributed by atoms with Gasteiger partial charge in [-0.15, -0.1) is 0 Å². The first-order valence-electron chi connectivity index (χ1n) is 7.34. The van der Waals surface area contributed by atoms with Crippen LogP contribution in [0.2, 0.25) is 0 Å². The first kappa shape index (κ1) is 14.6. The van der Waals surface area contributed by atoms with Crippen molar-refractivity contribution < 1.29 is 4.74 Å². The molecule has 0 aromatic rings. The Morgan fingerprint density at radius 2 is 2.21 bits per heavy atom. The van der Waals surface area contributed by atoms with Crippen molar-refractivity contribution in [1.82, 2.24) is 15.5 Å². The molecule has 2 atom stereocenters. The number of nitrogens with zero attached hydrogens (tertiary/aromatic N) is 2. The van der Waals surface area contributed by atoms with E-state index in [4.69, 9.17) is 4.74 Å². The summed E-state index contributed by atoms with van der Waals surface area (Å²) >= 11 is 0. The van der Waals surface area contributed by atoms with E-state index in [9.17, 15) is 0 Å². The van der Waals surface area contributed by atoms with Crippen molar-refractivity contribution in [1.29, 1.82) is 0 Å². The number of nitrogens with one attached hydrogen (secondary N) is 2. The first-order valence-corrected chi connectivity index (χ1v) is 7.34. The van der Waals surface area contributed by atoms with Crippen molar-refractivity contribution in [2.75, 3.05) is 39.8 Å². The van der Waals surface area contributed by atoms with E-state index in [1.165, 1.54) is 6.42 Å². The summed E-state index contributed by atoms with van der Waals surface area (Å²) in [4.78, 5) is 6.71. The summed E-state index contributed by atoms with van der Waals surface area (Å²) in [7, 11) is 1.83. The second-order valence-corrected chi connectivity index (χ2v) is 6.35. The van der Waals surface area contributed by atoms with E-state index >= 15 is 0 Å². The Hall–Kier alpha value is -0.810. The molecule has 2 fully saturated rings. The van der Waals surface area contributed by atoms with Gasteiger partial charge in [0.05, 0.1) is 12.2 Å². The Morgan fingerprint density at radius 3 is 2.79 bits per heavy atom. The molecule has 0 aromatic carbocycles. The SMILES string of the molecule is CN=C(NCCN1CCOC(C)(C)C1)NC1CC1C. The fourth-order valence-electron chi connectivity index (χ4n) is 2.53. The average Bonchev–Trinajstić information content (AvgIpc) is 3.02. The highest BCUT2D eigenvalue weighted by atomic mass is 16.5. The third-order valence-corrected chi connectivity index (χ3v) is 3.88. The Balaban J connectivity index is 1.65. The largest absolute Gasteiger partial charge is 0.373 e. The number of morpholine rings is 1. The smallest absolute Gasteiger partial charge is 0.191 e. The van der Waals surface area contributed by atoms with Crippen molar-refractivity contribution in [3.05, 3.63) is 0 Å². The summed E-state index contributed by atoms with van der Waals surface area (Å²) in [5, 5.41) is 6.83. The van der Waals surface area contributed by atoms with E-state index in [1.54, 1.807) is 0 Å². The number of guanidine groups is 1. The van der Waals surface area contributed by atoms with Gasteiger partial charge in [-0.3, -0.25) is 9.89 Å². The summed E-state index contributed by atoms with van der Waals surface area (Å²) in [6.07, 6.45) is 1.26. The number of rotatable bonds is 4. The van der Waals surface area contributed by atoms with Gasteiger partial charge in [0.15, 0.2) is 5.96 Å². The van der Waals surface area contributed by atoms with Gasteiger partial charge in [-0.05, 0) is 26.2 Å². The minimum Gasteiger partial charge on any atom is -0.373 e. The lowest BCUT2D eigenvalue weighted by molar-refractivity contribution is -0.0852. The van der Waals surface area contributed by atoms with Crippen LogP contribution in [0.25, 0.3) is 0 Å². The molecule has 1 saturated carbocycles. The second kappa shape index (κ2) is 6.09. The molecule has 0 bridgehead atoms. The minimum atomic E-state index is -0.0123. The van der Waals surface area contributed by atoms with Crippen LogP contribution in [0.5, 0.6) is 0 Å². The molecule has 2 unspecified atom stereocenters. The zero-order chi connectivity index (χ0) is 13.9. The molecule has 0 spiro atoms. The van der Waals surface area contributed by atoms with Gasteiger partial charge >= 0.3 is 0 Å². The standard InChI is InChI=1S/C14H28N4O/c1-11-9-12(11)17-13(15-4)16-5-6-18-7-8-19-14(2,3)10-18/h11-12H,5-10H2,1-4H3,(H2,15,16,17). The third kappa shape index (κ3) is 4.66. The van der Waals surface area contributed by atoms with Gasteiger partial charge in [-0.1, -0.05) is 6.92 Å². The van der Waals surface area contributed by atoms with Crippen LogP contribution in [0.1, 0.15) is 27.2 Å². The van der Waals surface area contributed by atoms with Crippen LogP contribution < -0.4 is 10.6 Å². The van der Waals surface area contributed by atoms with E-state index in [-0.39, 0.29) is 5.60 Å². The molecule has 0 aromatic heterocycles. The molecule has 0 amide bonds. The molecule has 2 N–H and O–H groups in total.